The summed E-state index contributed by atoms with van der Waals surface area (Å²) in [5, 5.41) is 13.1. The molecule has 3 rings (SSSR count). The predicted octanol–water partition coefficient (Wildman–Crippen LogP) is 3.68. The van der Waals surface area contributed by atoms with E-state index in [2.05, 4.69) is 10.3 Å². The van der Waals surface area contributed by atoms with Gasteiger partial charge in [0.25, 0.3) is 0 Å². The summed E-state index contributed by atoms with van der Waals surface area (Å²) in [6.07, 6.45) is 0. The van der Waals surface area contributed by atoms with Crippen molar-refractivity contribution in [1.82, 2.24) is 4.98 Å². The number of aromatic carboxylic acids is 1. The fourth-order valence-corrected chi connectivity index (χ4v) is 1.99. The van der Waals surface area contributed by atoms with Gasteiger partial charge in [0, 0.05) is 11.1 Å². The van der Waals surface area contributed by atoms with Crippen molar-refractivity contribution in [3.05, 3.63) is 66.2 Å². The van der Waals surface area contributed by atoms with E-state index in [9.17, 15) is 4.79 Å². The first-order chi connectivity index (χ1) is 9.72. The summed E-state index contributed by atoms with van der Waals surface area (Å²) < 4.78 is 0. The molecule has 0 unspecified atom stereocenters. The van der Waals surface area contributed by atoms with Crippen LogP contribution in [0.1, 0.15) is 10.4 Å². The number of fused-ring (bicyclic) bond motifs is 1. The summed E-state index contributed by atoms with van der Waals surface area (Å²) in [5.74, 6) is -0.263. The number of aromatic nitrogens is 1. The molecule has 1 heterocycles. The number of carbonyl (C=O) groups is 1. The number of nitrogens with one attached hydrogen (secondary N) is 1. The molecule has 0 amide bonds. The lowest BCUT2D eigenvalue weighted by molar-refractivity contribution is 0.0697. The van der Waals surface area contributed by atoms with Crippen molar-refractivity contribution < 1.29 is 9.90 Å². The Bertz CT molecular complexity index is 770. The molecule has 2 aromatic carbocycles. The summed E-state index contributed by atoms with van der Waals surface area (Å²) >= 11 is 0. The maximum Gasteiger partial charge on any atom is 0.335 e. The van der Waals surface area contributed by atoms with Crippen LogP contribution in [0.2, 0.25) is 0 Å². The molecule has 0 atom stereocenters. The van der Waals surface area contributed by atoms with Crippen molar-refractivity contribution >= 4 is 28.4 Å². The molecule has 0 spiro atoms. The van der Waals surface area contributed by atoms with Crippen molar-refractivity contribution in [2.75, 3.05) is 5.32 Å². The number of hydrogen-bond donors (Lipinski definition) is 2. The smallest absolute Gasteiger partial charge is 0.335 e. The molecule has 1 aromatic heterocycles. The molecule has 20 heavy (non-hydrogen) atoms. The fraction of sp³-hybridized carbons (Fsp3) is 0. The Labute approximate surface area is 115 Å². The van der Waals surface area contributed by atoms with Gasteiger partial charge in [-0.15, -0.1) is 0 Å². The monoisotopic (exact) mass is 264 g/mol. The van der Waals surface area contributed by atoms with Gasteiger partial charge in [0.1, 0.15) is 5.82 Å². The topological polar surface area (TPSA) is 62.2 Å². The van der Waals surface area contributed by atoms with E-state index in [1.54, 1.807) is 18.2 Å². The molecule has 0 fully saturated rings. The summed E-state index contributed by atoms with van der Waals surface area (Å²) in [6, 6.07) is 18.4. The van der Waals surface area contributed by atoms with Gasteiger partial charge in [-0.3, -0.25) is 0 Å². The molecule has 0 aliphatic carbocycles. The number of carboxylic acids is 1. The first-order valence-electron chi connectivity index (χ1n) is 6.18. The van der Waals surface area contributed by atoms with Crippen LogP contribution in [0.15, 0.2) is 60.7 Å². The highest BCUT2D eigenvalue weighted by Gasteiger charge is 2.05. The Balaban J connectivity index is 1.99. The summed E-state index contributed by atoms with van der Waals surface area (Å²) in [4.78, 5) is 15.4. The van der Waals surface area contributed by atoms with Crippen molar-refractivity contribution in [3.8, 4) is 0 Å². The van der Waals surface area contributed by atoms with E-state index in [1.807, 2.05) is 42.5 Å². The first-order valence-corrected chi connectivity index (χ1v) is 6.18. The lowest BCUT2D eigenvalue weighted by Gasteiger charge is -2.07. The van der Waals surface area contributed by atoms with Crippen molar-refractivity contribution in [2.45, 2.75) is 0 Å². The van der Waals surface area contributed by atoms with Crippen molar-refractivity contribution in [2.24, 2.45) is 0 Å². The molecule has 0 aliphatic rings. The van der Waals surface area contributed by atoms with E-state index in [4.69, 9.17) is 5.11 Å². The number of benzene rings is 2. The molecular formula is C16H12N2O2. The van der Waals surface area contributed by atoms with E-state index in [0.717, 1.165) is 11.1 Å². The maximum absolute atomic E-state index is 11.0. The van der Waals surface area contributed by atoms with Crippen LogP contribution in [0.25, 0.3) is 10.9 Å². The second kappa shape index (κ2) is 5.01. The molecule has 0 bridgehead atoms. The van der Waals surface area contributed by atoms with E-state index in [1.165, 1.54) is 0 Å². The van der Waals surface area contributed by atoms with Crippen LogP contribution in [0.4, 0.5) is 11.5 Å². The van der Waals surface area contributed by atoms with Crippen LogP contribution in [-0.2, 0) is 0 Å². The fourth-order valence-electron chi connectivity index (χ4n) is 1.99. The molecule has 4 nitrogen and oxygen atoms in total. The molecule has 0 aliphatic heterocycles. The van der Waals surface area contributed by atoms with Gasteiger partial charge in [-0.2, -0.15) is 0 Å². The third-order valence-electron chi connectivity index (χ3n) is 2.99. The minimum Gasteiger partial charge on any atom is -0.478 e. The van der Waals surface area contributed by atoms with Crippen LogP contribution in [0.3, 0.4) is 0 Å². The Kier molecular flexibility index (Phi) is 3.05. The third kappa shape index (κ3) is 2.44. The van der Waals surface area contributed by atoms with E-state index in [-0.39, 0.29) is 5.56 Å². The van der Waals surface area contributed by atoms with E-state index in [0.29, 0.717) is 11.3 Å². The summed E-state index contributed by atoms with van der Waals surface area (Å²) in [6.45, 7) is 0. The highest BCUT2D eigenvalue weighted by atomic mass is 16.4. The first kappa shape index (κ1) is 12.2. The lowest BCUT2D eigenvalue weighted by Crippen LogP contribution is -1.97. The Morgan fingerprint density at radius 3 is 2.50 bits per heavy atom. The second-order valence-electron chi connectivity index (χ2n) is 4.40. The highest BCUT2D eigenvalue weighted by molar-refractivity contribution is 5.93. The average Bonchev–Trinajstić information content (AvgIpc) is 2.47. The van der Waals surface area contributed by atoms with Gasteiger partial charge in [-0.1, -0.05) is 24.3 Å². The van der Waals surface area contributed by atoms with Gasteiger partial charge < -0.3 is 10.4 Å². The zero-order valence-corrected chi connectivity index (χ0v) is 10.6. The minimum absolute atomic E-state index is 0.238. The van der Waals surface area contributed by atoms with Gasteiger partial charge in [0.15, 0.2) is 0 Å². The number of anilines is 2. The normalized spacial score (nSPS) is 10.4. The quantitative estimate of drug-likeness (QED) is 0.757. The number of carboxylic acid groups (broad SMARTS) is 1. The molecule has 0 saturated heterocycles. The largest absolute Gasteiger partial charge is 0.478 e. The van der Waals surface area contributed by atoms with Gasteiger partial charge in [0.2, 0.25) is 0 Å². The summed E-state index contributed by atoms with van der Waals surface area (Å²) in [5.41, 5.74) is 1.83. The zero-order chi connectivity index (χ0) is 13.9. The van der Waals surface area contributed by atoms with Crippen LogP contribution in [0, 0.1) is 0 Å². The molecule has 4 heteroatoms. The number of rotatable bonds is 3. The van der Waals surface area contributed by atoms with E-state index >= 15 is 0 Å². The zero-order valence-electron chi connectivity index (χ0n) is 10.6. The third-order valence-corrected chi connectivity index (χ3v) is 2.99. The van der Waals surface area contributed by atoms with E-state index < -0.39 is 5.97 Å². The van der Waals surface area contributed by atoms with Crippen LogP contribution >= 0.6 is 0 Å². The minimum atomic E-state index is -0.949. The molecule has 0 radical (unpaired) electrons. The van der Waals surface area contributed by atoms with Crippen LogP contribution in [0.5, 0.6) is 0 Å². The molecule has 3 aromatic rings. The van der Waals surface area contributed by atoms with Crippen molar-refractivity contribution in [1.29, 1.82) is 0 Å². The summed E-state index contributed by atoms with van der Waals surface area (Å²) in [7, 11) is 0. The lowest BCUT2D eigenvalue weighted by atomic mass is 10.1. The van der Waals surface area contributed by atoms with Gasteiger partial charge in [-0.05, 0) is 36.4 Å². The van der Waals surface area contributed by atoms with Gasteiger partial charge in [-0.25, -0.2) is 9.78 Å². The predicted molar refractivity (Wildman–Crippen MR) is 78.4 cm³/mol. The molecular weight excluding hydrogens is 252 g/mol. The molecule has 98 valence electrons. The maximum atomic E-state index is 11.0. The second-order valence-corrected chi connectivity index (χ2v) is 4.40. The number of pyridine rings is 1. The number of hydrogen-bond acceptors (Lipinski definition) is 3. The number of para-hydroxylation sites is 1. The average molecular weight is 264 g/mol. The van der Waals surface area contributed by atoms with Crippen molar-refractivity contribution in [3.63, 3.8) is 0 Å². The highest BCUT2D eigenvalue weighted by Crippen LogP contribution is 2.19. The Hall–Kier alpha value is -2.88. The Morgan fingerprint density at radius 1 is 1.00 bits per heavy atom. The standard InChI is InChI=1S/C16H12N2O2/c19-16(20)12-7-6-11-8-9-15(18-14(11)10-12)17-13-4-2-1-3-5-13/h1-10H,(H,17,18)(H,19,20). The van der Waals surface area contributed by atoms with Crippen LogP contribution < -0.4 is 5.32 Å². The van der Waals surface area contributed by atoms with Gasteiger partial charge >= 0.3 is 5.97 Å². The SMILES string of the molecule is O=C(O)c1ccc2ccc(Nc3ccccc3)nc2c1. The van der Waals surface area contributed by atoms with Gasteiger partial charge in [0.05, 0.1) is 11.1 Å². The Morgan fingerprint density at radius 2 is 1.75 bits per heavy atom. The molecule has 2 N–H and O–H groups in total. The number of nitrogens with zero attached hydrogens (tertiary/aromatic N) is 1. The van der Waals surface area contributed by atoms with Crippen LogP contribution in [-0.4, -0.2) is 16.1 Å². The molecule has 0 saturated carbocycles.